The molecule has 1 atom stereocenters. The number of carbonyl (C=O) groups is 1. The van der Waals surface area contributed by atoms with Crippen molar-refractivity contribution in [3.63, 3.8) is 0 Å². The highest BCUT2D eigenvalue weighted by Crippen LogP contribution is 2.09. The Morgan fingerprint density at radius 2 is 2.35 bits per heavy atom. The number of amides is 1. The highest BCUT2D eigenvalue weighted by atomic mass is 16.5. The number of hydrogen-bond donors (Lipinski definition) is 2. The fraction of sp³-hybridized carbons (Fsp3) is 0.714. The fourth-order valence-corrected chi connectivity index (χ4v) is 2.15. The molecule has 1 amide bonds. The van der Waals surface area contributed by atoms with Gasteiger partial charge in [0.2, 0.25) is 0 Å². The Labute approximate surface area is 120 Å². The summed E-state index contributed by atoms with van der Waals surface area (Å²) < 4.78 is 6.96. The Bertz CT molecular complexity index is 411. The lowest BCUT2D eigenvalue weighted by molar-refractivity contribution is 0.0891. The molecule has 114 valence electrons. The number of rotatable bonds is 9. The van der Waals surface area contributed by atoms with Crippen LogP contribution in [0.3, 0.4) is 0 Å². The quantitative estimate of drug-likeness (QED) is 0.710. The third kappa shape index (κ3) is 4.61. The Morgan fingerprint density at radius 1 is 1.60 bits per heavy atom. The molecule has 6 nitrogen and oxygen atoms in total. The van der Waals surface area contributed by atoms with Crippen molar-refractivity contribution in [3.05, 3.63) is 17.5 Å². The zero-order valence-corrected chi connectivity index (χ0v) is 12.7. The molecule has 0 fully saturated rings. The summed E-state index contributed by atoms with van der Waals surface area (Å²) in [5.41, 5.74) is 6.99. The van der Waals surface area contributed by atoms with Crippen LogP contribution in [0, 0.1) is 6.92 Å². The lowest BCUT2D eigenvalue weighted by Crippen LogP contribution is -2.38. The average Bonchev–Trinajstić information content (AvgIpc) is 2.78. The van der Waals surface area contributed by atoms with Crippen molar-refractivity contribution in [2.75, 3.05) is 20.3 Å². The van der Waals surface area contributed by atoms with Crippen LogP contribution in [0.25, 0.3) is 0 Å². The van der Waals surface area contributed by atoms with Gasteiger partial charge < -0.3 is 15.8 Å². The van der Waals surface area contributed by atoms with Gasteiger partial charge in [-0.2, -0.15) is 5.10 Å². The summed E-state index contributed by atoms with van der Waals surface area (Å²) in [4.78, 5) is 12.3. The molecule has 1 rings (SSSR count). The van der Waals surface area contributed by atoms with E-state index in [0.717, 1.165) is 31.5 Å². The van der Waals surface area contributed by atoms with Gasteiger partial charge in [0.1, 0.15) is 0 Å². The van der Waals surface area contributed by atoms with Gasteiger partial charge in [0, 0.05) is 19.3 Å². The van der Waals surface area contributed by atoms with Crippen molar-refractivity contribution in [3.8, 4) is 0 Å². The molecule has 6 heteroatoms. The van der Waals surface area contributed by atoms with Crippen LogP contribution in [-0.4, -0.2) is 42.0 Å². The maximum absolute atomic E-state index is 12.3. The number of carbonyl (C=O) groups excluding carboxylic acids is 1. The summed E-state index contributed by atoms with van der Waals surface area (Å²) in [5.74, 6) is -0.0861. The van der Waals surface area contributed by atoms with Crippen LogP contribution in [0.15, 0.2) is 6.20 Å². The third-order valence-electron chi connectivity index (χ3n) is 3.26. The number of ether oxygens (including phenoxy) is 1. The van der Waals surface area contributed by atoms with E-state index in [2.05, 4.69) is 17.3 Å². The van der Waals surface area contributed by atoms with Crippen LogP contribution in [0.1, 0.15) is 42.2 Å². The van der Waals surface area contributed by atoms with Gasteiger partial charge in [0.25, 0.3) is 5.91 Å². The molecule has 0 aromatic carbocycles. The van der Waals surface area contributed by atoms with E-state index in [1.807, 2.05) is 11.6 Å². The second-order valence-electron chi connectivity index (χ2n) is 4.92. The van der Waals surface area contributed by atoms with Crippen LogP contribution in [0.4, 0.5) is 0 Å². The Morgan fingerprint density at radius 3 is 2.95 bits per heavy atom. The molecule has 0 saturated heterocycles. The zero-order valence-electron chi connectivity index (χ0n) is 12.7. The molecule has 0 saturated carbocycles. The molecule has 1 heterocycles. The Balaban J connectivity index is 2.68. The van der Waals surface area contributed by atoms with Crippen LogP contribution in [0.5, 0.6) is 0 Å². The summed E-state index contributed by atoms with van der Waals surface area (Å²) in [7, 11) is 1.64. The molecule has 0 spiro atoms. The minimum absolute atomic E-state index is 0.0456. The lowest BCUT2D eigenvalue weighted by Gasteiger charge is -2.17. The van der Waals surface area contributed by atoms with Crippen molar-refractivity contribution < 1.29 is 9.53 Å². The van der Waals surface area contributed by atoms with Gasteiger partial charge >= 0.3 is 0 Å². The molecule has 3 N–H and O–H groups in total. The van der Waals surface area contributed by atoms with Crippen molar-refractivity contribution in [1.29, 1.82) is 0 Å². The van der Waals surface area contributed by atoms with Gasteiger partial charge in [-0.25, -0.2) is 0 Å². The van der Waals surface area contributed by atoms with E-state index in [-0.39, 0.29) is 11.9 Å². The molecule has 0 aliphatic rings. The third-order valence-corrected chi connectivity index (χ3v) is 3.26. The predicted octanol–water partition coefficient (Wildman–Crippen LogP) is 1.09. The normalized spacial score (nSPS) is 12.4. The van der Waals surface area contributed by atoms with E-state index in [1.54, 1.807) is 13.3 Å². The molecule has 1 aromatic rings. The van der Waals surface area contributed by atoms with Crippen LogP contribution < -0.4 is 11.1 Å². The Kier molecular flexibility index (Phi) is 7.25. The second-order valence-corrected chi connectivity index (χ2v) is 4.92. The van der Waals surface area contributed by atoms with Gasteiger partial charge in [-0.15, -0.1) is 0 Å². The summed E-state index contributed by atoms with van der Waals surface area (Å²) in [5, 5.41) is 7.25. The molecule has 1 unspecified atom stereocenters. The minimum atomic E-state index is -0.0861. The van der Waals surface area contributed by atoms with E-state index in [9.17, 15) is 4.79 Å². The number of hydrogen-bond acceptors (Lipinski definition) is 4. The van der Waals surface area contributed by atoms with Gasteiger partial charge in [0.05, 0.1) is 24.4 Å². The second kappa shape index (κ2) is 8.71. The molecule has 0 radical (unpaired) electrons. The predicted molar refractivity (Wildman–Crippen MR) is 78.7 cm³/mol. The number of nitrogens with zero attached hydrogens (tertiary/aromatic N) is 2. The van der Waals surface area contributed by atoms with Gasteiger partial charge in [-0.3, -0.25) is 9.48 Å². The largest absolute Gasteiger partial charge is 0.383 e. The minimum Gasteiger partial charge on any atom is -0.383 e. The first kappa shape index (κ1) is 16.7. The average molecular weight is 282 g/mol. The summed E-state index contributed by atoms with van der Waals surface area (Å²) in [6.07, 6.45) is 4.38. The smallest absolute Gasteiger partial charge is 0.255 e. The van der Waals surface area contributed by atoms with Crippen LogP contribution in [-0.2, 0) is 11.3 Å². The molecule has 0 aliphatic heterocycles. The summed E-state index contributed by atoms with van der Waals surface area (Å²) >= 11 is 0. The molecular formula is C14H26N4O2. The summed E-state index contributed by atoms with van der Waals surface area (Å²) in [6.45, 7) is 5.88. The SMILES string of the molecule is CCCC(COC)NC(=O)c1cnn(CCCN)c1C. The maximum atomic E-state index is 12.3. The molecule has 0 aliphatic carbocycles. The molecule has 1 aromatic heterocycles. The number of nitrogens with one attached hydrogen (secondary N) is 1. The molecule has 0 bridgehead atoms. The van der Waals surface area contributed by atoms with E-state index < -0.39 is 0 Å². The number of methoxy groups -OCH3 is 1. The standard InChI is InChI=1S/C14H26N4O2/c1-4-6-12(10-20-3)17-14(19)13-9-16-18(11(13)2)8-5-7-15/h9,12H,4-8,10,15H2,1-3H3,(H,17,19). The first-order valence-electron chi connectivity index (χ1n) is 7.16. The first-order chi connectivity index (χ1) is 9.63. The van der Waals surface area contributed by atoms with E-state index in [1.165, 1.54) is 0 Å². The van der Waals surface area contributed by atoms with E-state index in [0.29, 0.717) is 18.7 Å². The number of aryl methyl sites for hydroxylation is 1. The van der Waals surface area contributed by atoms with E-state index in [4.69, 9.17) is 10.5 Å². The number of aromatic nitrogens is 2. The van der Waals surface area contributed by atoms with Crippen LogP contribution >= 0.6 is 0 Å². The van der Waals surface area contributed by atoms with Crippen molar-refractivity contribution >= 4 is 5.91 Å². The fourth-order valence-electron chi connectivity index (χ4n) is 2.15. The Hall–Kier alpha value is -1.40. The van der Waals surface area contributed by atoms with Crippen molar-refractivity contribution in [2.24, 2.45) is 5.73 Å². The van der Waals surface area contributed by atoms with Gasteiger partial charge in [0.15, 0.2) is 0 Å². The van der Waals surface area contributed by atoms with E-state index >= 15 is 0 Å². The highest BCUT2D eigenvalue weighted by molar-refractivity contribution is 5.95. The molecule has 20 heavy (non-hydrogen) atoms. The van der Waals surface area contributed by atoms with Crippen LogP contribution in [0.2, 0.25) is 0 Å². The number of nitrogens with two attached hydrogens (primary N) is 1. The molecular weight excluding hydrogens is 256 g/mol. The summed E-state index contributed by atoms with van der Waals surface area (Å²) in [6, 6.07) is 0.0456. The zero-order chi connectivity index (χ0) is 15.0. The first-order valence-corrected chi connectivity index (χ1v) is 7.16. The lowest BCUT2D eigenvalue weighted by atomic mass is 10.1. The maximum Gasteiger partial charge on any atom is 0.255 e. The van der Waals surface area contributed by atoms with Gasteiger partial charge in [-0.1, -0.05) is 13.3 Å². The highest BCUT2D eigenvalue weighted by Gasteiger charge is 2.17. The van der Waals surface area contributed by atoms with Crippen molar-refractivity contribution in [1.82, 2.24) is 15.1 Å². The monoisotopic (exact) mass is 282 g/mol. The van der Waals surface area contributed by atoms with Crippen molar-refractivity contribution in [2.45, 2.75) is 45.7 Å². The van der Waals surface area contributed by atoms with Gasteiger partial charge in [-0.05, 0) is 26.3 Å². The topological polar surface area (TPSA) is 82.2 Å².